The van der Waals surface area contributed by atoms with Gasteiger partial charge in [0.2, 0.25) is 0 Å². The van der Waals surface area contributed by atoms with E-state index in [1.807, 2.05) is 54.6 Å². The average molecular weight is 292 g/mol. The van der Waals surface area contributed by atoms with Gasteiger partial charge < -0.3 is 0 Å². The van der Waals surface area contributed by atoms with E-state index in [1.165, 1.54) is 5.56 Å². The fraction of sp³-hybridized carbons (Fsp3) is 0.125. The van der Waals surface area contributed by atoms with Gasteiger partial charge in [0.05, 0.1) is 11.4 Å². The van der Waals surface area contributed by atoms with Gasteiger partial charge in [0.15, 0.2) is 5.82 Å². The first kappa shape index (κ1) is 13.9. The van der Waals surface area contributed by atoms with Crippen LogP contribution in [-0.4, -0.2) is 26.4 Å². The number of aryl methyl sites for hydroxylation is 1. The molecule has 0 saturated heterocycles. The SMILES string of the molecule is Cc1ccc(NN=CCc2nnnn2-c2ccccc2)cc1. The van der Waals surface area contributed by atoms with E-state index < -0.39 is 0 Å². The van der Waals surface area contributed by atoms with Gasteiger partial charge in [0, 0.05) is 12.6 Å². The summed E-state index contributed by atoms with van der Waals surface area (Å²) in [6, 6.07) is 17.8. The molecule has 0 atom stereocenters. The summed E-state index contributed by atoms with van der Waals surface area (Å²) < 4.78 is 1.71. The number of nitrogens with one attached hydrogen (secondary N) is 1. The lowest BCUT2D eigenvalue weighted by molar-refractivity contribution is 0.776. The average Bonchev–Trinajstić information content (AvgIpc) is 3.02. The smallest absolute Gasteiger partial charge is 0.162 e. The Labute approximate surface area is 128 Å². The highest BCUT2D eigenvalue weighted by molar-refractivity contribution is 5.62. The number of aromatic nitrogens is 4. The number of hydrazone groups is 1. The van der Waals surface area contributed by atoms with Crippen molar-refractivity contribution in [2.24, 2.45) is 5.10 Å². The number of nitrogens with zero attached hydrogens (tertiary/aromatic N) is 5. The van der Waals surface area contributed by atoms with Gasteiger partial charge in [0.25, 0.3) is 0 Å². The molecule has 1 aromatic heterocycles. The topological polar surface area (TPSA) is 68.0 Å². The minimum atomic E-state index is 0.542. The van der Waals surface area contributed by atoms with Gasteiger partial charge in [-0.3, -0.25) is 5.43 Å². The van der Waals surface area contributed by atoms with Gasteiger partial charge >= 0.3 is 0 Å². The first-order valence-electron chi connectivity index (χ1n) is 7.00. The highest BCUT2D eigenvalue weighted by atomic mass is 15.5. The maximum atomic E-state index is 4.20. The van der Waals surface area contributed by atoms with E-state index in [0.717, 1.165) is 17.2 Å². The number of anilines is 1. The van der Waals surface area contributed by atoms with Crippen molar-refractivity contribution in [2.45, 2.75) is 13.3 Å². The van der Waals surface area contributed by atoms with Crippen LogP contribution in [0.25, 0.3) is 5.69 Å². The largest absolute Gasteiger partial charge is 0.279 e. The minimum absolute atomic E-state index is 0.542. The molecule has 0 radical (unpaired) electrons. The van der Waals surface area contributed by atoms with Gasteiger partial charge in [-0.05, 0) is 41.6 Å². The molecule has 0 amide bonds. The fourth-order valence-electron chi connectivity index (χ4n) is 1.98. The Balaban J connectivity index is 1.64. The van der Waals surface area contributed by atoms with Crippen molar-refractivity contribution in [1.29, 1.82) is 0 Å². The zero-order valence-corrected chi connectivity index (χ0v) is 12.2. The zero-order valence-electron chi connectivity index (χ0n) is 12.2. The molecule has 3 aromatic rings. The first-order chi connectivity index (χ1) is 10.8. The normalized spacial score (nSPS) is 11.0. The number of rotatable bonds is 5. The molecule has 0 fully saturated rings. The second kappa shape index (κ2) is 6.62. The van der Waals surface area contributed by atoms with Gasteiger partial charge in [-0.1, -0.05) is 35.9 Å². The van der Waals surface area contributed by atoms with Crippen molar-refractivity contribution in [1.82, 2.24) is 20.2 Å². The van der Waals surface area contributed by atoms with E-state index in [4.69, 9.17) is 0 Å². The molecule has 2 aromatic carbocycles. The van der Waals surface area contributed by atoms with Crippen LogP contribution in [0.4, 0.5) is 5.69 Å². The number of para-hydroxylation sites is 1. The van der Waals surface area contributed by atoms with Crippen LogP contribution in [0.1, 0.15) is 11.4 Å². The summed E-state index contributed by atoms with van der Waals surface area (Å²) >= 11 is 0. The second-order valence-electron chi connectivity index (χ2n) is 4.84. The van der Waals surface area contributed by atoms with Gasteiger partial charge in [-0.15, -0.1) is 5.10 Å². The predicted molar refractivity (Wildman–Crippen MR) is 86.2 cm³/mol. The predicted octanol–water partition coefficient (Wildman–Crippen LogP) is 2.61. The van der Waals surface area contributed by atoms with Crippen molar-refractivity contribution in [2.75, 3.05) is 5.43 Å². The summed E-state index contributed by atoms with van der Waals surface area (Å²) in [6.45, 7) is 2.05. The highest BCUT2D eigenvalue weighted by Crippen LogP contribution is 2.09. The molecule has 0 spiro atoms. The summed E-state index contributed by atoms with van der Waals surface area (Å²) in [5.41, 5.74) is 6.09. The van der Waals surface area contributed by atoms with Gasteiger partial charge in [-0.2, -0.15) is 9.78 Å². The lowest BCUT2D eigenvalue weighted by Gasteiger charge is -2.02. The van der Waals surface area contributed by atoms with Crippen molar-refractivity contribution >= 4 is 11.9 Å². The molecule has 3 rings (SSSR count). The van der Waals surface area contributed by atoms with E-state index >= 15 is 0 Å². The van der Waals surface area contributed by atoms with Crippen LogP contribution in [-0.2, 0) is 6.42 Å². The summed E-state index contributed by atoms with van der Waals surface area (Å²) in [5, 5.41) is 16.0. The molecule has 0 aliphatic heterocycles. The summed E-state index contributed by atoms with van der Waals surface area (Å²) in [6.07, 6.45) is 2.30. The van der Waals surface area contributed by atoms with E-state index in [1.54, 1.807) is 10.9 Å². The van der Waals surface area contributed by atoms with Crippen LogP contribution < -0.4 is 5.43 Å². The van der Waals surface area contributed by atoms with Crippen LogP contribution in [0.15, 0.2) is 59.7 Å². The molecule has 1 N–H and O–H groups in total. The van der Waals surface area contributed by atoms with Crippen LogP contribution in [0.3, 0.4) is 0 Å². The van der Waals surface area contributed by atoms with Crippen LogP contribution >= 0.6 is 0 Å². The third kappa shape index (κ3) is 3.35. The molecule has 0 saturated carbocycles. The molecule has 0 unspecified atom stereocenters. The van der Waals surface area contributed by atoms with Gasteiger partial charge in [0.1, 0.15) is 0 Å². The number of hydrogen-bond donors (Lipinski definition) is 1. The standard InChI is InChI=1S/C16H16N6/c1-13-7-9-14(10-8-13)18-17-12-11-16-19-20-21-22(16)15-5-3-2-4-6-15/h2-10,12,18H,11H2,1H3. The van der Waals surface area contributed by atoms with Crippen molar-refractivity contribution < 1.29 is 0 Å². The molecule has 22 heavy (non-hydrogen) atoms. The monoisotopic (exact) mass is 292 g/mol. The molecular formula is C16H16N6. The van der Waals surface area contributed by atoms with Crippen molar-refractivity contribution in [3.05, 3.63) is 66.0 Å². The molecule has 1 heterocycles. The summed E-state index contributed by atoms with van der Waals surface area (Å²) in [7, 11) is 0. The summed E-state index contributed by atoms with van der Waals surface area (Å²) in [4.78, 5) is 0. The Morgan fingerprint density at radius 2 is 1.86 bits per heavy atom. The Hall–Kier alpha value is -3.02. The fourth-order valence-corrected chi connectivity index (χ4v) is 1.98. The number of benzene rings is 2. The van der Waals surface area contributed by atoms with Crippen molar-refractivity contribution in [3.8, 4) is 5.69 Å². The molecule has 6 heteroatoms. The molecule has 0 aliphatic rings. The molecule has 6 nitrogen and oxygen atoms in total. The summed E-state index contributed by atoms with van der Waals surface area (Å²) in [5.74, 6) is 0.737. The highest BCUT2D eigenvalue weighted by Gasteiger charge is 2.05. The second-order valence-corrected chi connectivity index (χ2v) is 4.84. The van der Waals surface area contributed by atoms with E-state index in [0.29, 0.717) is 6.42 Å². The number of tetrazole rings is 1. The quantitative estimate of drug-likeness (QED) is 0.580. The number of hydrogen-bond acceptors (Lipinski definition) is 5. The maximum absolute atomic E-state index is 4.20. The molecule has 0 aliphatic carbocycles. The molecule has 110 valence electrons. The first-order valence-corrected chi connectivity index (χ1v) is 7.00. The van der Waals surface area contributed by atoms with Crippen LogP contribution in [0, 0.1) is 6.92 Å². The van der Waals surface area contributed by atoms with Crippen molar-refractivity contribution in [3.63, 3.8) is 0 Å². The Morgan fingerprint density at radius 3 is 2.64 bits per heavy atom. The maximum Gasteiger partial charge on any atom is 0.162 e. The lowest BCUT2D eigenvalue weighted by atomic mass is 10.2. The molecule has 0 bridgehead atoms. The van der Waals surface area contributed by atoms with E-state index in [-0.39, 0.29) is 0 Å². The van der Waals surface area contributed by atoms with E-state index in [2.05, 4.69) is 33.0 Å². The lowest BCUT2D eigenvalue weighted by Crippen LogP contribution is -2.04. The van der Waals surface area contributed by atoms with Crippen LogP contribution in [0.2, 0.25) is 0 Å². The van der Waals surface area contributed by atoms with E-state index in [9.17, 15) is 0 Å². The Kier molecular flexibility index (Phi) is 4.20. The van der Waals surface area contributed by atoms with Crippen LogP contribution in [0.5, 0.6) is 0 Å². The third-order valence-corrected chi connectivity index (χ3v) is 3.15. The molecular weight excluding hydrogens is 276 g/mol. The zero-order chi connectivity index (χ0) is 15.2. The third-order valence-electron chi connectivity index (χ3n) is 3.15. The minimum Gasteiger partial charge on any atom is -0.279 e. The van der Waals surface area contributed by atoms with Gasteiger partial charge in [-0.25, -0.2) is 0 Å². The Morgan fingerprint density at radius 1 is 1.09 bits per heavy atom. The Bertz CT molecular complexity index is 746.